The van der Waals surface area contributed by atoms with Gasteiger partial charge in [-0.3, -0.25) is 4.79 Å². The van der Waals surface area contributed by atoms with Crippen molar-refractivity contribution in [3.63, 3.8) is 0 Å². The summed E-state index contributed by atoms with van der Waals surface area (Å²) in [5, 5.41) is 4.35. The second-order valence-corrected chi connectivity index (χ2v) is 8.29. The molecule has 1 saturated carbocycles. The summed E-state index contributed by atoms with van der Waals surface area (Å²) in [5.41, 5.74) is 2.71. The van der Waals surface area contributed by atoms with E-state index in [1.54, 1.807) is 31.4 Å². The van der Waals surface area contributed by atoms with Gasteiger partial charge in [-0.2, -0.15) is 0 Å². The smallest absolute Gasteiger partial charge is 0.258 e. The van der Waals surface area contributed by atoms with Crippen LogP contribution >= 0.6 is 0 Å². The van der Waals surface area contributed by atoms with Crippen molar-refractivity contribution in [3.05, 3.63) is 65.5 Å². The minimum atomic E-state index is -0.317. The van der Waals surface area contributed by atoms with Crippen molar-refractivity contribution in [1.82, 2.24) is 10.1 Å². The molecule has 8 heteroatoms. The predicted molar refractivity (Wildman–Crippen MR) is 121 cm³/mol. The van der Waals surface area contributed by atoms with Gasteiger partial charge in [0.1, 0.15) is 17.3 Å². The molecule has 1 aliphatic heterocycles. The Balaban J connectivity index is 1.53. The fourth-order valence-electron chi connectivity index (χ4n) is 4.19. The van der Waals surface area contributed by atoms with Gasteiger partial charge in [-0.05, 0) is 49.2 Å². The van der Waals surface area contributed by atoms with Gasteiger partial charge in [0.25, 0.3) is 5.91 Å². The number of hydrogen-bond donors (Lipinski definition) is 0. The van der Waals surface area contributed by atoms with Crippen molar-refractivity contribution in [2.24, 2.45) is 0 Å². The molecule has 2 fully saturated rings. The maximum absolute atomic E-state index is 13.6. The number of para-hydroxylation sites is 1. The highest BCUT2D eigenvalue weighted by Crippen LogP contribution is 2.37. The number of benzene rings is 2. The Morgan fingerprint density at radius 2 is 1.88 bits per heavy atom. The van der Waals surface area contributed by atoms with Crippen LogP contribution in [0.3, 0.4) is 0 Å². The fourth-order valence-corrected chi connectivity index (χ4v) is 4.19. The molecule has 0 bridgehead atoms. The molecule has 0 spiro atoms. The maximum Gasteiger partial charge on any atom is 0.258 e. The van der Waals surface area contributed by atoms with Gasteiger partial charge in [0.2, 0.25) is 5.88 Å². The first-order valence-corrected chi connectivity index (χ1v) is 11.2. The predicted octanol–water partition coefficient (Wildman–Crippen LogP) is 4.13. The first kappa shape index (κ1) is 21.5. The Bertz CT molecular complexity index is 1120. The molecule has 2 aromatic carbocycles. The zero-order valence-electron chi connectivity index (χ0n) is 18.5. The highest BCUT2D eigenvalue weighted by molar-refractivity contribution is 5.97. The van der Waals surface area contributed by atoms with Crippen LogP contribution < -0.4 is 9.64 Å². The largest absolute Gasteiger partial charge is 0.496 e. The third kappa shape index (κ3) is 4.43. The monoisotopic (exact) mass is 451 g/mol. The van der Waals surface area contributed by atoms with Crippen LogP contribution in [0.15, 0.2) is 53.1 Å². The second kappa shape index (κ2) is 9.23. The van der Waals surface area contributed by atoms with Crippen LogP contribution in [0.5, 0.6) is 5.75 Å². The minimum absolute atomic E-state index is 0.0888. The molecule has 1 saturated heterocycles. The van der Waals surface area contributed by atoms with Crippen LogP contribution in [-0.4, -0.2) is 55.4 Å². The van der Waals surface area contributed by atoms with Gasteiger partial charge in [-0.15, -0.1) is 0 Å². The standard InChI is InChI=1S/C25H26FN3O4/c1-31-22-5-3-2-4-20(22)24(30)29(19-10-11-19)16-21-23(17-6-8-18(26)9-7-17)27-33-25(21)28-12-14-32-15-13-28/h2-9,19H,10-16H2,1H3. The van der Waals surface area contributed by atoms with E-state index in [9.17, 15) is 9.18 Å². The Kier molecular flexibility index (Phi) is 6.00. The van der Waals surface area contributed by atoms with E-state index in [0.717, 1.165) is 24.0 Å². The molecule has 0 unspecified atom stereocenters. The number of hydrogen-bond acceptors (Lipinski definition) is 6. The van der Waals surface area contributed by atoms with Crippen LogP contribution in [0, 0.1) is 5.82 Å². The molecule has 33 heavy (non-hydrogen) atoms. The fraction of sp³-hybridized carbons (Fsp3) is 0.360. The topological polar surface area (TPSA) is 68.0 Å². The summed E-state index contributed by atoms with van der Waals surface area (Å²) in [6.45, 7) is 2.88. The van der Waals surface area contributed by atoms with Crippen molar-refractivity contribution in [1.29, 1.82) is 0 Å². The molecule has 3 aromatic rings. The number of rotatable bonds is 7. The number of carbonyl (C=O) groups is 1. The van der Waals surface area contributed by atoms with Crippen molar-refractivity contribution >= 4 is 11.8 Å². The van der Waals surface area contributed by atoms with E-state index in [-0.39, 0.29) is 17.8 Å². The summed E-state index contributed by atoms with van der Waals surface area (Å²) >= 11 is 0. The average Bonchev–Trinajstić information content (AvgIpc) is 3.62. The van der Waals surface area contributed by atoms with Crippen molar-refractivity contribution < 1.29 is 23.2 Å². The number of anilines is 1. The Morgan fingerprint density at radius 3 is 2.58 bits per heavy atom. The number of ether oxygens (including phenoxy) is 2. The highest BCUT2D eigenvalue weighted by Gasteiger charge is 2.36. The highest BCUT2D eigenvalue weighted by atomic mass is 19.1. The van der Waals surface area contributed by atoms with Crippen molar-refractivity contribution in [3.8, 4) is 17.0 Å². The summed E-state index contributed by atoms with van der Waals surface area (Å²) in [6, 6.07) is 13.6. The van der Waals surface area contributed by atoms with E-state index in [1.807, 2.05) is 17.0 Å². The molecule has 7 nitrogen and oxygen atoms in total. The number of methoxy groups -OCH3 is 1. The molecular weight excluding hydrogens is 425 g/mol. The molecule has 1 aliphatic carbocycles. The van der Waals surface area contributed by atoms with E-state index < -0.39 is 0 Å². The quantitative estimate of drug-likeness (QED) is 0.538. The lowest BCUT2D eigenvalue weighted by atomic mass is 10.1. The zero-order chi connectivity index (χ0) is 22.8. The normalized spacial score (nSPS) is 16.0. The van der Waals surface area contributed by atoms with Crippen molar-refractivity contribution in [2.45, 2.75) is 25.4 Å². The number of aromatic nitrogens is 1. The summed E-state index contributed by atoms with van der Waals surface area (Å²) in [6.07, 6.45) is 1.90. The third-order valence-corrected chi connectivity index (χ3v) is 6.10. The zero-order valence-corrected chi connectivity index (χ0v) is 18.5. The summed E-state index contributed by atoms with van der Waals surface area (Å²) in [5.74, 6) is 0.777. The number of halogens is 1. The first-order chi connectivity index (χ1) is 16.2. The van der Waals surface area contributed by atoms with Gasteiger partial charge in [0.05, 0.1) is 38.0 Å². The molecule has 5 rings (SSSR count). The molecular formula is C25H26FN3O4. The first-order valence-electron chi connectivity index (χ1n) is 11.2. The van der Waals surface area contributed by atoms with E-state index in [2.05, 4.69) is 10.1 Å². The molecule has 2 heterocycles. The van der Waals surface area contributed by atoms with E-state index >= 15 is 0 Å². The lowest BCUT2D eigenvalue weighted by Crippen LogP contribution is -2.38. The molecule has 0 radical (unpaired) electrons. The number of nitrogens with zero attached hydrogens (tertiary/aromatic N) is 3. The number of carbonyl (C=O) groups excluding carboxylic acids is 1. The Labute approximate surface area is 191 Å². The average molecular weight is 451 g/mol. The molecule has 0 N–H and O–H groups in total. The second-order valence-electron chi connectivity index (χ2n) is 8.29. The molecule has 1 amide bonds. The summed E-state index contributed by atoms with van der Waals surface area (Å²) < 4.78 is 30.3. The van der Waals surface area contributed by atoms with Crippen LogP contribution in [0.1, 0.15) is 28.8 Å². The third-order valence-electron chi connectivity index (χ3n) is 6.10. The number of morpholine rings is 1. The van der Waals surface area contributed by atoms with Crippen LogP contribution in [0.4, 0.5) is 10.3 Å². The number of amides is 1. The molecule has 1 aromatic heterocycles. The minimum Gasteiger partial charge on any atom is -0.496 e. The van der Waals surface area contributed by atoms with Gasteiger partial charge in [-0.1, -0.05) is 17.3 Å². The molecule has 0 atom stereocenters. The van der Waals surface area contributed by atoms with Crippen LogP contribution in [-0.2, 0) is 11.3 Å². The lowest BCUT2D eigenvalue weighted by Gasteiger charge is -2.28. The maximum atomic E-state index is 13.6. The molecule has 2 aliphatic rings. The van der Waals surface area contributed by atoms with Gasteiger partial charge < -0.3 is 23.8 Å². The van der Waals surface area contributed by atoms with Gasteiger partial charge >= 0.3 is 0 Å². The summed E-state index contributed by atoms with van der Waals surface area (Å²) in [7, 11) is 1.57. The lowest BCUT2D eigenvalue weighted by molar-refractivity contribution is 0.0726. The van der Waals surface area contributed by atoms with Crippen LogP contribution in [0.2, 0.25) is 0 Å². The van der Waals surface area contributed by atoms with E-state index in [0.29, 0.717) is 55.7 Å². The van der Waals surface area contributed by atoms with Gasteiger partial charge in [0, 0.05) is 24.7 Å². The molecule has 172 valence electrons. The van der Waals surface area contributed by atoms with Crippen LogP contribution in [0.25, 0.3) is 11.3 Å². The Hall–Kier alpha value is -3.39. The summed E-state index contributed by atoms with van der Waals surface area (Å²) in [4.78, 5) is 17.6. The van der Waals surface area contributed by atoms with Crippen molar-refractivity contribution in [2.75, 3.05) is 38.3 Å². The Morgan fingerprint density at radius 1 is 1.15 bits per heavy atom. The van der Waals surface area contributed by atoms with Gasteiger partial charge in [-0.25, -0.2) is 4.39 Å². The SMILES string of the molecule is COc1ccccc1C(=O)N(Cc1c(-c2ccc(F)cc2)noc1N1CCOCC1)C1CC1. The van der Waals surface area contributed by atoms with Gasteiger partial charge in [0.15, 0.2) is 0 Å². The van der Waals surface area contributed by atoms with E-state index in [1.165, 1.54) is 12.1 Å². The van der Waals surface area contributed by atoms with E-state index in [4.69, 9.17) is 14.0 Å².